The number of para-hydroxylation sites is 1. The minimum absolute atomic E-state index is 0.237. The van der Waals surface area contributed by atoms with Crippen LogP contribution >= 0.6 is 0 Å². The second-order valence-corrected chi connectivity index (χ2v) is 6.93. The second kappa shape index (κ2) is 6.58. The molecule has 1 saturated carbocycles. The van der Waals surface area contributed by atoms with Crippen LogP contribution in [0, 0.1) is 5.41 Å². The van der Waals surface area contributed by atoms with Crippen LogP contribution < -0.4 is 0 Å². The van der Waals surface area contributed by atoms with Gasteiger partial charge in [0.05, 0.1) is 14.2 Å². The van der Waals surface area contributed by atoms with Crippen LogP contribution in [0.25, 0.3) is 10.9 Å². The molecule has 1 unspecified atom stereocenters. The van der Waals surface area contributed by atoms with E-state index in [4.69, 9.17) is 9.47 Å². The first kappa shape index (κ1) is 17.3. The first-order valence-corrected chi connectivity index (χ1v) is 8.90. The number of carbonyl (C=O) groups excluding carboxylic acids is 2. The molecule has 5 nitrogen and oxygen atoms in total. The Morgan fingerprint density at radius 1 is 1.00 bits per heavy atom. The van der Waals surface area contributed by atoms with E-state index in [9.17, 15) is 9.59 Å². The Morgan fingerprint density at radius 2 is 1.63 bits per heavy atom. The molecule has 4 rings (SSSR count). The maximum absolute atomic E-state index is 12.4. The van der Waals surface area contributed by atoms with Crippen molar-refractivity contribution in [1.29, 1.82) is 0 Å². The lowest BCUT2D eigenvalue weighted by atomic mass is 9.99. The summed E-state index contributed by atoms with van der Waals surface area (Å²) in [6.45, 7) is 0.720. The lowest BCUT2D eigenvalue weighted by Crippen LogP contribution is -2.30. The van der Waals surface area contributed by atoms with Crippen molar-refractivity contribution in [1.82, 2.24) is 4.57 Å². The van der Waals surface area contributed by atoms with Gasteiger partial charge in [0.25, 0.3) is 0 Å². The fraction of sp³-hybridized carbons (Fsp3) is 0.273. The van der Waals surface area contributed by atoms with Crippen LogP contribution in [-0.4, -0.2) is 30.7 Å². The molecule has 3 aromatic rings. The molecule has 27 heavy (non-hydrogen) atoms. The largest absolute Gasteiger partial charge is 0.468 e. The number of ether oxygens (including phenoxy) is 2. The third kappa shape index (κ3) is 2.70. The fourth-order valence-electron chi connectivity index (χ4n) is 4.00. The van der Waals surface area contributed by atoms with Gasteiger partial charge in [0.1, 0.15) is 0 Å². The molecule has 0 N–H and O–H groups in total. The van der Waals surface area contributed by atoms with E-state index >= 15 is 0 Å². The fourth-order valence-corrected chi connectivity index (χ4v) is 4.00. The molecule has 1 fully saturated rings. The Hall–Kier alpha value is -3.08. The molecule has 1 aliphatic carbocycles. The van der Waals surface area contributed by atoms with Crippen molar-refractivity contribution in [2.45, 2.75) is 18.9 Å². The third-order valence-electron chi connectivity index (χ3n) is 5.45. The normalized spacial score (nSPS) is 17.5. The van der Waals surface area contributed by atoms with E-state index in [1.807, 2.05) is 36.4 Å². The van der Waals surface area contributed by atoms with Crippen LogP contribution in [0.2, 0.25) is 0 Å². The monoisotopic (exact) mass is 363 g/mol. The first-order valence-electron chi connectivity index (χ1n) is 8.90. The molecule has 0 radical (unpaired) electrons. The van der Waals surface area contributed by atoms with Crippen molar-refractivity contribution >= 4 is 22.8 Å². The molecule has 0 saturated heterocycles. The lowest BCUT2D eigenvalue weighted by molar-refractivity contribution is -0.161. The molecule has 1 aliphatic rings. The summed E-state index contributed by atoms with van der Waals surface area (Å²) in [5.41, 5.74) is 2.02. The molecule has 0 amide bonds. The van der Waals surface area contributed by atoms with Crippen molar-refractivity contribution in [2.75, 3.05) is 14.2 Å². The van der Waals surface area contributed by atoms with E-state index in [0.29, 0.717) is 6.42 Å². The highest BCUT2D eigenvalue weighted by Gasteiger charge is 2.69. The average Bonchev–Trinajstić information content (AvgIpc) is 3.38. The van der Waals surface area contributed by atoms with Crippen molar-refractivity contribution in [3.63, 3.8) is 0 Å². The Kier molecular flexibility index (Phi) is 4.22. The van der Waals surface area contributed by atoms with Gasteiger partial charge >= 0.3 is 11.9 Å². The molecule has 1 aromatic heterocycles. The van der Waals surface area contributed by atoms with Gasteiger partial charge in [0, 0.05) is 29.6 Å². The summed E-state index contributed by atoms with van der Waals surface area (Å²) < 4.78 is 12.0. The Bertz CT molecular complexity index is 990. The summed E-state index contributed by atoms with van der Waals surface area (Å²) >= 11 is 0. The zero-order chi connectivity index (χ0) is 19.0. The van der Waals surface area contributed by atoms with Gasteiger partial charge in [-0.15, -0.1) is 0 Å². The number of aromatic nitrogens is 1. The first-order chi connectivity index (χ1) is 13.1. The van der Waals surface area contributed by atoms with Crippen LogP contribution in [-0.2, 0) is 25.6 Å². The molecule has 138 valence electrons. The predicted octanol–water partition coefficient (Wildman–Crippen LogP) is 3.51. The number of hydrogen-bond acceptors (Lipinski definition) is 4. The number of methoxy groups -OCH3 is 2. The Balaban J connectivity index is 1.77. The van der Waals surface area contributed by atoms with Gasteiger partial charge in [0.15, 0.2) is 5.41 Å². The number of rotatable bonds is 5. The average molecular weight is 363 g/mol. The topological polar surface area (TPSA) is 57.5 Å². The minimum atomic E-state index is -1.23. The number of carbonyl (C=O) groups is 2. The highest BCUT2D eigenvalue weighted by molar-refractivity contribution is 6.06. The van der Waals surface area contributed by atoms with Crippen molar-refractivity contribution < 1.29 is 19.1 Å². The second-order valence-electron chi connectivity index (χ2n) is 6.93. The van der Waals surface area contributed by atoms with Gasteiger partial charge < -0.3 is 14.0 Å². The highest BCUT2D eigenvalue weighted by Crippen LogP contribution is 2.62. The van der Waals surface area contributed by atoms with E-state index in [1.54, 1.807) is 0 Å². The predicted molar refractivity (Wildman–Crippen MR) is 101 cm³/mol. The van der Waals surface area contributed by atoms with Gasteiger partial charge in [-0.2, -0.15) is 0 Å². The molecule has 1 atom stereocenters. The molecule has 5 heteroatoms. The van der Waals surface area contributed by atoms with Crippen molar-refractivity contribution in [2.24, 2.45) is 5.41 Å². The van der Waals surface area contributed by atoms with E-state index in [1.165, 1.54) is 19.8 Å². The van der Waals surface area contributed by atoms with Crippen LogP contribution in [0.4, 0.5) is 0 Å². The SMILES string of the molecule is COC(=O)C1(C(=O)OC)CC1c1cn(Cc2ccccc2)c2ccccc12. The molecule has 0 spiro atoms. The van der Waals surface area contributed by atoms with E-state index in [-0.39, 0.29) is 5.92 Å². The third-order valence-corrected chi connectivity index (χ3v) is 5.45. The van der Waals surface area contributed by atoms with E-state index in [2.05, 4.69) is 29.0 Å². The quantitative estimate of drug-likeness (QED) is 0.514. The number of hydrogen-bond donors (Lipinski definition) is 0. The molecule has 0 bridgehead atoms. The number of esters is 2. The molecule has 2 aromatic carbocycles. The van der Waals surface area contributed by atoms with Crippen molar-refractivity contribution in [3.05, 3.63) is 71.9 Å². The summed E-state index contributed by atoms with van der Waals surface area (Å²) in [6, 6.07) is 18.2. The molecular formula is C22H21NO4. The maximum Gasteiger partial charge on any atom is 0.323 e. The van der Waals surface area contributed by atoms with E-state index in [0.717, 1.165) is 23.0 Å². The maximum atomic E-state index is 12.4. The Morgan fingerprint density at radius 3 is 2.30 bits per heavy atom. The van der Waals surface area contributed by atoms with E-state index < -0.39 is 17.4 Å². The van der Waals surface area contributed by atoms with Gasteiger partial charge in [-0.1, -0.05) is 48.5 Å². The van der Waals surface area contributed by atoms with Gasteiger partial charge in [0.2, 0.25) is 0 Å². The summed E-state index contributed by atoms with van der Waals surface area (Å²) in [7, 11) is 2.61. The smallest absolute Gasteiger partial charge is 0.323 e. The van der Waals surface area contributed by atoms with Gasteiger partial charge in [-0.25, -0.2) is 0 Å². The molecule has 0 aliphatic heterocycles. The molecule has 1 heterocycles. The number of fused-ring (bicyclic) bond motifs is 1. The highest BCUT2D eigenvalue weighted by atomic mass is 16.5. The zero-order valence-corrected chi connectivity index (χ0v) is 15.3. The van der Waals surface area contributed by atoms with Crippen LogP contribution in [0.15, 0.2) is 60.8 Å². The standard InChI is InChI=1S/C22H21NO4/c1-26-20(24)22(21(25)27-2)12-18(22)17-14-23(13-15-8-4-3-5-9-15)19-11-7-6-10-16(17)19/h3-11,14,18H,12-13H2,1-2H3. The van der Waals surface area contributed by atoms with Crippen molar-refractivity contribution in [3.8, 4) is 0 Å². The summed E-state index contributed by atoms with van der Waals surface area (Å²) in [5.74, 6) is -1.29. The van der Waals surface area contributed by atoms with Crippen LogP contribution in [0.1, 0.15) is 23.5 Å². The Labute approximate surface area is 157 Å². The zero-order valence-electron chi connectivity index (χ0n) is 15.3. The summed E-state index contributed by atoms with van der Waals surface area (Å²) in [5, 5.41) is 1.05. The number of benzene rings is 2. The van der Waals surface area contributed by atoms with Crippen LogP contribution in [0.3, 0.4) is 0 Å². The van der Waals surface area contributed by atoms with Crippen LogP contribution in [0.5, 0.6) is 0 Å². The number of nitrogens with zero attached hydrogens (tertiary/aromatic N) is 1. The summed E-state index contributed by atoms with van der Waals surface area (Å²) in [4.78, 5) is 24.8. The summed E-state index contributed by atoms with van der Waals surface area (Å²) in [6.07, 6.45) is 2.46. The van der Waals surface area contributed by atoms with Gasteiger partial charge in [-0.05, 0) is 23.6 Å². The lowest BCUT2D eigenvalue weighted by Gasteiger charge is -2.12. The van der Waals surface area contributed by atoms with Gasteiger partial charge in [-0.3, -0.25) is 9.59 Å². The minimum Gasteiger partial charge on any atom is -0.468 e. The molecular weight excluding hydrogens is 342 g/mol.